The number of carbonyl (C=O) groups is 1. The number of halogens is 1. The van der Waals surface area contributed by atoms with Gasteiger partial charge in [-0.05, 0) is 35.9 Å². The van der Waals surface area contributed by atoms with Crippen LogP contribution in [0.1, 0.15) is 11.3 Å². The first-order chi connectivity index (χ1) is 11.2. The van der Waals surface area contributed by atoms with Gasteiger partial charge in [0.25, 0.3) is 5.91 Å². The lowest BCUT2D eigenvalue weighted by molar-refractivity contribution is -0.110. The first-order valence-corrected chi connectivity index (χ1v) is 7.66. The number of aromatic nitrogens is 1. The predicted octanol–water partition coefficient (Wildman–Crippen LogP) is 4.83. The number of para-hydroxylation sites is 1. The van der Waals surface area contributed by atoms with Crippen molar-refractivity contribution in [2.45, 2.75) is 0 Å². The van der Waals surface area contributed by atoms with Gasteiger partial charge >= 0.3 is 0 Å². The molecule has 0 saturated heterocycles. The average molecular weight is 321 g/mol. The van der Waals surface area contributed by atoms with Gasteiger partial charge in [0.15, 0.2) is 0 Å². The van der Waals surface area contributed by atoms with E-state index in [1.54, 1.807) is 0 Å². The molecule has 4 heteroatoms. The van der Waals surface area contributed by atoms with E-state index in [2.05, 4.69) is 10.3 Å². The fourth-order valence-corrected chi connectivity index (χ4v) is 2.94. The summed E-state index contributed by atoms with van der Waals surface area (Å²) in [6.07, 6.45) is 3.76. The molecule has 0 bridgehead atoms. The van der Waals surface area contributed by atoms with E-state index < -0.39 is 0 Å². The van der Waals surface area contributed by atoms with Crippen molar-refractivity contribution in [1.82, 2.24) is 4.98 Å². The average Bonchev–Trinajstić information content (AvgIpc) is 3.14. The Morgan fingerprint density at radius 1 is 0.913 bits per heavy atom. The molecule has 0 atom stereocenters. The van der Waals surface area contributed by atoms with E-state index in [0.717, 1.165) is 28.1 Å². The van der Waals surface area contributed by atoms with Crippen LogP contribution in [0, 0.1) is 0 Å². The molecule has 3 aromatic rings. The van der Waals surface area contributed by atoms with Crippen molar-refractivity contribution in [2.24, 2.45) is 0 Å². The van der Waals surface area contributed by atoms with E-state index in [-0.39, 0.29) is 5.91 Å². The molecule has 0 aliphatic carbocycles. The molecule has 2 N–H and O–H groups in total. The number of hydrogen-bond acceptors (Lipinski definition) is 1. The molecule has 1 aromatic heterocycles. The quantitative estimate of drug-likeness (QED) is 0.653. The second-order valence-electron chi connectivity index (χ2n) is 5.37. The molecule has 0 radical (unpaired) electrons. The third-order valence-electron chi connectivity index (χ3n) is 3.93. The van der Waals surface area contributed by atoms with Gasteiger partial charge in [0, 0.05) is 33.7 Å². The summed E-state index contributed by atoms with van der Waals surface area (Å²) in [5.41, 5.74) is 5.42. The monoisotopic (exact) mass is 320 g/mol. The summed E-state index contributed by atoms with van der Waals surface area (Å²) in [6.45, 7) is 0. The third-order valence-corrected chi connectivity index (χ3v) is 4.18. The van der Waals surface area contributed by atoms with Crippen molar-refractivity contribution in [2.75, 3.05) is 5.32 Å². The summed E-state index contributed by atoms with van der Waals surface area (Å²) >= 11 is 5.95. The molecule has 1 aliphatic heterocycles. The Morgan fingerprint density at radius 2 is 1.70 bits per heavy atom. The van der Waals surface area contributed by atoms with Gasteiger partial charge < -0.3 is 10.3 Å². The smallest absolute Gasteiger partial charge is 0.256 e. The highest BCUT2D eigenvalue weighted by molar-refractivity contribution is 6.35. The van der Waals surface area contributed by atoms with Gasteiger partial charge in [0.1, 0.15) is 0 Å². The van der Waals surface area contributed by atoms with Gasteiger partial charge in [0.05, 0.1) is 5.57 Å². The van der Waals surface area contributed by atoms with E-state index in [9.17, 15) is 4.79 Å². The second-order valence-corrected chi connectivity index (χ2v) is 5.81. The summed E-state index contributed by atoms with van der Waals surface area (Å²) in [5.74, 6) is -0.0807. The van der Waals surface area contributed by atoms with Crippen LogP contribution in [0.3, 0.4) is 0 Å². The zero-order valence-electron chi connectivity index (χ0n) is 12.1. The number of aromatic amines is 1. The van der Waals surface area contributed by atoms with Crippen LogP contribution in [0.2, 0.25) is 5.02 Å². The van der Waals surface area contributed by atoms with Gasteiger partial charge in [0.2, 0.25) is 0 Å². The zero-order valence-corrected chi connectivity index (χ0v) is 12.9. The minimum Gasteiger partial charge on any atom is -0.361 e. The second kappa shape index (κ2) is 5.45. The molecule has 0 fully saturated rings. The maximum atomic E-state index is 12.2. The van der Waals surface area contributed by atoms with E-state index in [0.29, 0.717) is 10.6 Å². The highest BCUT2D eigenvalue weighted by Crippen LogP contribution is 2.34. The molecule has 4 rings (SSSR count). The lowest BCUT2D eigenvalue weighted by Gasteiger charge is -2.03. The zero-order chi connectivity index (χ0) is 15.8. The topological polar surface area (TPSA) is 44.9 Å². The molecule has 2 aromatic carbocycles. The van der Waals surface area contributed by atoms with Crippen LogP contribution in [0.4, 0.5) is 5.69 Å². The number of anilines is 1. The first-order valence-electron chi connectivity index (χ1n) is 7.28. The lowest BCUT2D eigenvalue weighted by atomic mass is 10.0. The Balaban J connectivity index is 1.80. The third kappa shape index (κ3) is 2.45. The van der Waals surface area contributed by atoms with Gasteiger partial charge in [-0.15, -0.1) is 0 Å². The van der Waals surface area contributed by atoms with Crippen molar-refractivity contribution < 1.29 is 4.79 Å². The molecule has 0 spiro atoms. The van der Waals surface area contributed by atoms with Crippen molar-refractivity contribution >= 4 is 34.8 Å². The van der Waals surface area contributed by atoms with Crippen LogP contribution in [0.15, 0.2) is 60.8 Å². The molecule has 0 unspecified atom stereocenters. The summed E-state index contributed by atoms with van der Waals surface area (Å²) < 4.78 is 0. The van der Waals surface area contributed by atoms with Crippen LogP contribution in [-0.4, -0.2) is 10.9 Å². The minimum absolute atomic E-state index is 0.0807. The number of carbonyl (C=O) groups excluding carboxylic acids is 1. The Hall–Kier alpha value is -2.78. The molecule has 0 saturated carbocycles. The number of fused-ring (bicyclic) bond motifs is 1. The Labute approximate surface area is 138 Å². The predicted molar refractivity (Wildman–Crippen MR) is 94.2 cm³/mol. The lowest BCUT2D eigenvalue weighted by Crippen LogP contribution is -2.03. The van der Waals surface area contributed by atoms with Crippen LogP contribution in [0.25, 0.3) is 22.8 Å². The molecule has 112 valence electrons. The maximum absolute atomic E-state index is 12.2. The molecular weight excluding hydrogens is 308 g/mol. The number of nitrogens with one attached hydrogen (secondary N) is 2. The molecular formula is C19H13ClN2O. The normalized spacial score (nSPS) is 14.8. The van der Waals surface area contributed by atoms with Crippen molar-refractivity contribution in [3.8, 4) is 11.1 Å². The van der Waals surface area contributed by atoms with E-state index in [4.69, 9.17) is 11.6 Å². The van der Waals surface area contributed by atoms with Gasteiger partial charge in [-0.2, -0.15) is 0 Å². The van der Waals surface area contributed by atoms with E-state index >= 15 is 0 Å². The van der Waals surface area contributed by atoms with Crippen molar-refractivity contribution in [3.63, 3.8) is 0 Å². The number of amides is 1. The molecule has 1 aliphatic rings. The van der Waals surface area contributed by atoms with Crippen LogP contribution in [-0.2, 0) is 4.79 Å². The van der Waals surface area contributed by atoms with Crippen molar-refractivity contribution in [1.29, 1.82) is 0 Å². The van der Waals surface area contributed by atoms with Crippen LogP contribution >= 0.6 is 11.6 Å². The number of hydrogen-bond donors (Lipinski definition) is 2. The standard InChI is InChI=1S/C19H13ClN2O/c20-13-7-5-12(6-8-13)14-9-10-21-18(14)11-16-15-3-1-2-4-17(15)22-19(16)23/h1-11,21H,(H,22,23). The molecule has 1 amide bonds. The van der Waals surface area contributed by atoms with E-state index in [1.807, 2.05) is 66.9 Å². The fourth-order valence-electron chi connectivity index (χ4n) is 2.81. The number of benzene rings is 2. The number of H-pyrrole nitrogens is 1. The summed E-state index contributed by atoms with van der Waals surface area (Å²) in [4.78, 5) is 15.4. The number of rotatable bonds is 2. The summed E-state index contributed by atoms with van der Waals surface area (Å²) in [5, 5.41) is 3.59. The SMILES string of the molecule is O=C1Nc2ccccc2C1=Cc1[nH]ccc1-c1ccc(Cl)cc1. The first kappa shape index (κ1) is 13.9. The summed E-state index contributed by atoms with van der Waals surface area (Å²) in [6, 6.07) is 17.3. The Bertz CT molecular complexity index is 923. The molecule has 23 heavy (non-hydrogen) atoms. The van der Waals surface area contributed by atoms with Gasteiger partial charge in [-0.3, -0.25) is 4.79 Å². The maximum Gasteiger partial charge on any atom is 0.256 e. The highest BCUT2D eigenvalue weighted by Gasteiger charge is 2.23. The minimum atomic E-state index is -0.0807. The largest absolute Gasteiger partial charge is 0.361 e. The van der Waals surface area contributed by atoms with E-state index in [1.165, 1.54) is 0 Å². The Kier molecular flexibility index (Phi) is 3.28. The van der Waals surface area contributed by atoms with Crippen LogP contribution in [0.5, 0.6) is 0 Å². The summed E-state index contributed by atoms with van der Waals surface area (Å²) in [7, 11) is 0. The fraction of sp³-hybridized carbons (Fsp3) is 0. The highest BCUT2D eigenvalue weighted by atomic mass is 35.5. The van der Waals surface area contributed by atoms with Gasteiger partial charge in [-0.1, -0.05) is 41.9 Å². The molecule has 3 nitrogen and oxygen atoms in total. The molecule has 2 heterocycles. The van der Waals surface area contributed by atoms with Gasteiger partial charge in [-0.25, -0.2) is 0 Å². The Morgan fingerprint density at radius 3 is 2.52 bits per heavy atom. The van der Waals surface area contributed by atoms with Crippen LogP contribution < -0.4 is 5.32 Å². The van der Waals surface area contributed by atoms with Crippen molar-refractivity contribution in [3.05, 3.63) is 77.1 Å².